The number of anilines is 1. The molecule has 0 heterocycles. The molecule has 0 saturated carbocycles. The molecule has 2 rings (SSSR count). The molecule has 0 saturated heterocycles. The van der Waals surface area contributed by atoms with E-state index in [1.807, 2.05) is 31.2 Å². The van der Waals surface area contributed by atoms with Gasteiger partial charge in [0.1, 0.15) is 0 Å². The predicted octanol–water partition coefficient (Wildman–Crippen LogP) is 4.76. The number of halogens is 1. The van der Waals surface area contributed by atoms with Gasteiger partial charge >= 0.3 is 0 Å². The van der Waals surface area contributed by atoms with Gasteiger partial charge in [0.15, 0.2) is 0 Å². The highest BCUT2D eigenvalue weighted by Gasteiger charge is 2.15. The normalized spacial score (nSPS) is 11.7. The second-order valence-electron chi connectivity index (χ2n) is 5.81. The van der Waals surface area contributed by atoms with Gasteiger partial charge in [-0.25, -0.2) is 8.42 Å². The molecule has 1 N–H and O–H groups in total. The number of hydrogen-bond acceptors (Lipinski definition) is 2. The van der Waals surface area contributed by atoms with E-state index >= 15 is 0 Å². The van der Waals surface area contributed by atoms with E-state index in [9.17, 15) is 8.42 Å². The maximum Gasteiger partial charge on any atom is 0.261 e. The molecule has 0 radical (unpaired) electrons. The summed E-state index contributed by atoms with van der Waals surface area (Å²) in [7, 11) is -3.56. The Morgan fingerprint density at radius 1 is 1.09 bits per heavy atom. The Morgan fingerprint density at radius 3 is 2.27 bits per heavy atom. The Bertz CT molecular complexity index is 753. The standard InChI is InChI=1S/C17H20BrNO2S/c1-12(2)10-14-4-7-16(8-5-14)22(20,21)19-17-9-6-15(18)11-13(17)3/h4-9,11-12,19H,10H2,1-3H3. The summed E-state index contributed by atoms with van der Waals surface area (Å²) in [6.07, 6.45) is 0.944. The largest absolute Gasteiger partial charge is 0.279 e. The van der Waals surface area contributed by atoms with E-state index in [0.717, 1.165) is 22.0 Å². The first kappa shape index (κ1) is 17.0. The fourth-order valence-corrected chi connectivity index (χ4v) is 3.83. The van der Waals surface area contributed by atoms with Gasteiger partial charge in [-0.1, -0.05) is 41.9 Å². The number of rotatable bonds is 5. The number of hydrogen-bond donors (Lipinski definition) is 1. The molecular formula is C17H20BrNO2S. The lowest BCUT2D eigenvalue weighted by molar-refractivity contribution is 0.601. The van der Waals surface area contributed by atoms with E-state index < -0.39 is 10.0 Å². The minimum absolute atomic E-state index is 0.280. The van der Waals surface area contributed by atoms with E-state index in [1.54, 1.807) is 18.2 Å². The van der Waals surface area contributed by atoms with Crippen molar-refractivity contribution in [2.24, 2.45) is 5.92 Å². The molecule has 0 bridgehead atoms. The molecule has 0 aliphatic carbocycles. The van der Waals surface area contributed by atoms with Crippen LogP contribution in [0.25, 0.3) is 0 Å². The molecule has 0 fully saturated rings. The first-order chi connectivity index (χ1) is 10.3. The van der Waals surface area contributed by atoms with Gasteiger partial charge in [-0.2, -0.15) is 0 Å². The van der Waals surface area contributed by atoms with Gasteiger partial charge < -0.3 is 0 Å². The maximum atomic E-state index is 12.4. The molecule has 5 heteroatoms. The van der Waals surface area contributed by atoms with E-state index in [0.29, 0.717) is 11.6 Å². The van der Waals surface area contributed by atoms with Crippen molar-refractivity contribution in [1.82, 2.24) is 0 Å². The van der Waals surface area contributed by atoms with Crippen LogP contribution in [0, 0.1) is 12.8 Å². The van der Waals surface area contributed by atoms with E-state index in [2.05, 4.69) is 34.5 Å². The van der Waals surface area contributed by atoms with E-state index in [1.165, 1.54) is 0 Å². The highest BCUT2D eigenvalue weighted by atomic mass is 79.9. The molecule has 3 nitrogen and oxygen atoms in total. The number of nitrogens with one attached hydrogen (secondary N) is 1. The van der Waals surface area contributed by atoms with Crippen LogP contribution in [-0.4, -0.2) is 8.42 Å². The Balaban J connectivity index is 2.23. The van der Waals surface area contributed by atoms with Crippen LogP contribution in [0.4, 0.5) is 5.69 Å². The lowest BCUT2D eigenvalue weighted by Crippen LogP contribution is -2.13. The van der Waals surface area contributed by atoms with Crippen molar-refractivity contribution in [3.8, 4) is 0 Å². The average Bonchev–Trinajstić information content (AvgIpc) is 2.42. The predicted molar refractivity (Wildman–Crippen MR) is 94.7 cm³/mol. The second kappa shape index (κ2) is 6.84. The van der Waals surface area contributed by atoms with E-state index in [4.69, 9.17) is 0 Å². The molecule has 0 spiro atoms. The van der Waals surface area contributed by atoms with Crippen molar-refractivity contribution in [1.29, 1.82) is 0 Å². The lowest BCUT2D eigenvalue weighted by atomic mass is 10.0. The van der Waals surface area contributed by atoms with Crippen molar-refractivity contribution >= 4 is 31.6 Å². The Morgan fingerprint density at radius 2 is 1.73 bits per heavy atom. The number of aryl methyl sites for hydroxylation is 1. The van der Waals surface area contributed by atoms with Gasteiger partial charge in [0.2, 0.25) is 0 Å². The lowest BCUT2D eigenvalue weighted by Gasteiger charge is -2.12. The summed E-state index contributed by atoms with van der Waals surface area (Å²) in [6, 6.07) is 12.5. The molecule has 0 aliphatic rings. The van der Waals surface area contributed by atoms with Crippen molar-refractivity contribution in [3.05, 3.63) is 58.1 Å². The van der Waals surface area contributed by atoms with Gasteiger partial charge in [0, 0.05) is 4.47 Å². The van der Waals surface area contributed by atoms with Gasteiger partial charge in [-0.15, -0.1) is 0 Å². The maximum absolute atomic E-state index is 12.4. The molecule has 2 aromatic carbocycles. The van der Waals surface area contributed by atoms with Gasteiger partial charge in [0.25, 0.3) is 10.0 Å². The molecule has 0 amide bonds. The third kappa shape index (κ3) is 4.34. The summed E-state index contributed by atoms with van der Waals surface area (Å²) in [4.78, 5) is 0.280. The van der Waals surface area contributed by atoms with Crippen LogP contribution in [0.2, 0.25) is 0 Å². The zero-order valence-electron chi connectivity index (χ0n) is 12.9. The molecule has 0 unspecified atom stereocenters. The van der Waals surface area contributed by atoms with Gasteiger partial charge in [0.05, 0.1) is 10.6 Å². The molecule has 0 aliphatic heterocycles. The fourth-order valence-electron chi connectivity index (χ4n) is 2.22. The zero-order valence-corrected chi connectivity index (χ0v) is 15.3. The first-order valence-electron chi connectivity index (χ1n) is 7.16. The van der Waals surface area contributed by atoms with Gasteiger partial charge in [-0.05, 0) is 60.7 Å². The summed E-state index contributed by atoms with van der Waals surface area (Å²) in [6.45, 7) is 6.15. The Hall–Kier alpha value is -1.33. The van der Waals surface area contributed by atoms with Crippen LogP contribution in [0.15, 0.2) is 51.8 Å². The quantitative estimate of drug-likeness (QED) is 0.811. The molecule has 2 aromatic rings. The Kier molecular flexibility index (Phi) is 5.29. The van der Waals surface area contributed by atoms with E-state index in [-0.39, 0.29) is 4.90 Å². The van der Waals surface area contributed by atoms with Gasteiger partial charge in [-0.3, -0.25) is 4.72 Å². The summed E-state index contributed by atoms with van der Waals surface area (Å²) in [5.74, 6) is 0.547. The third-order valence-electron chi connectivity index (χ3n) is 3.31. The first-order valence-corrected chi connectivity index (χ1v) is 9.43. The molecule has 118 valence electrons. The van der Waals surface area contributed by atoms with Crippen LogP contribution < -0.4 is 4.72 Å². The summed E-state index contributed by atoms with van der Waals surface area (Å²) >= 11 is 3.37. The van der Waals surface area contributed by atoms with Crippen molar-refractivity contribution < 1.29 is 8.42 Å². The molecular weight excluding hydrogens is 362 g/mol. The van der Waals surface area contributed by atoms with Crippen molar-refractivity contribution in [3.63, 3.8) is 0 Å². The fraction of sp³-hybridized carbons (Fsp3) is 0.294. The summed E-state index contributed by atoms with van der Waals surface area (Å²) in [5.41, 5.74) is 2.61. The van der Waals surface area contributed by atoms with Crippen molar-refractivity contribution in [2.45, 2.75) is 32.1 Å². The van der Waals surface area contributed by atoms with Crippen LogP contribution in [-0.2, 0) is 16.4 Å². The third-order valence-corrected chi connectivity index (χ3v) is 5.19. The summed E-state index contributed by atoms with van der Waals surface area (Å²) in [5, 5.41) is 0. The van der Waals surface area contributed by atoms with Crippen LogP contribution in [0.1, 0.15) is 25.0 Å². The minimum atomic E-state index is -3.56. The number of benzene rings is 2. The Labute approximate surface area is 140 Å². The average molecular weight is 382 g/mol. The highest BCUT2D eigenvalue weighted by molar-refractivity contribution is 9.10. The monoisotopic (exact) mass is 381 g/mol. The SMILES string of the molecule is Cc1cc(Br)ccc1NS(=O)(=O)c1ccc(CC(C)C)cc1. The highest BCUT2D eigenvalue weighted by Crippen LogP contribution is 2.23. The van der Waals surface area contributed by atoms with Crippen LogP contribution in [0.3, 0.4) is 0 Å². The second-order valence-corrected chi connectivity index (χ2v) is 8.40. The zero-order chi connectivity index (χ0) is 16.3. The number of sulfonamides is 1. The summed E-state index contributed by atoms with van der Waals surface area (Å²) < 4.78 is 28.5. The molecule has 22 heavy (non-hydrogen) atoms. The molecule has 0 aromatic heterocycles. The van der Waals surface area contributed by atoms with Crippen molar-refractivity contribution in [2.75, 3.05) is 4.72 Å². The smallest absolute Gasteiger partial charge is 0.261 e. The van der Waals surface area contributed by atoms with Crippen LogP contribution in [0.5, 0.6) is 0 Å². The van der Waals surface area contributed by atoms with Crippen LogP contribution >= 0.6 is 15.9 Å². The minimum Gasteiger partial charge on any atom is -0.279 e. The topological polar surface area (TPSA) is 46.2 Å². The molecule has 0 atom stereocenters.